The second-order valence-electron chi connectivity index (χ2n) is 5.09. The minimum absolute atomic E-state index is 0.225. The lowest BCUT2D eigenvalue weighted by molar-refractivity contribution is 0.0955. The van der Waals surface area contributed by atoms with Crippen molar-refractivity contribution in [1.82, 2.24) is 15.3 Å². The Kier molecular flexibility index (Phi) is 4.45. The van der Waals surface area contributed by atoms with E-state index < -0.39 is 5.82 Å². The molecule has 23 heavy (non-hydrogen) atoms. The van der Waals surface area contributed by atoms with E-state index in [9.17, 15) is 9.18 Å². The van der Waals surface area contributed by atoms with Gasteiger partial charge in [-0.1, -0.05) is 23.7 Å². The van der Waals surface area contributed by atoms with Crippen LogP contribution in [0.15, 0.2) is 36.4 Å². The van der Waals surface area contributed by atoms with Crippen molar-refractivity contribution in [2.45, 2.75) is 6.42 Å². The number of benzene rings is 2. The van der Waals surface area contributed by atoms with Crippen LogP contribution in [0, 0.1) is 10.6 Å². The summed E-state index contributed by atoms with van der Waals surface area (Å²) in [4.78, 5) is 18.0. The molecule has 0 spiro atoms. The van der Waals surface area contributed by atoms with Gasteiger partial charge in [0, 0.05) is 11.6 Å². The largest absolute Gasteiger partial charge is 0.352 e. The highest BCUT2D eigenvalue weighted by Crippen LogP contribution is 2.18. The molecule has 3 rings (SSSR count). The summed E-state index contributed by atoms with van der Waals surface area (Å²) in [5, 5.41) is 3.45. The molecule has 118 valence electrons. The molecule has 1 aromatic heterocycles. The third kappa shape index (κ3) is 3.60. The number of aromatic nitrogens is 2. The zero-order chi connectivity index (χ0) is 16.4. The Labute approximate surface area is 141 Å². The van der Waals surface area contributed by atoms with Crippen LogP contribution in [0.4, 0.5) is 4.39 Å². The highest BCUT2D eigenvalue weighted by atomic mass is 35.5. The Morgan fingerprint density at radius 2 is 1.96 bits per heavy atom. The van der Waals surface area contributed by atoms with Crippen LogP contribution < -0.4 is 5.32 Å². The Morgan fingerprint density at radius 1 is 1.22 bits per heavy atom. The molecular formula is C16H13ClFN3OS. The van der Waals surface area contributed by atoms with E-state index in [0.29, 0.717) is 33.8 Å². The lowest BCUT2D eigenvalue weighted by Gasteiger charge is -2.07. The quantitative estimate of drug-likeness (QED) is 0.624. The third-order valence-electron chi connectivity index (χ3n) is 3.45. The molecular weight excluding hydrogens is 337 g/mol. The minimum atomic E-state index is -0.495. The van der Waals surface area contributed by atoms with Crippen LogP contribution in [-0.4, -0.2) is 22.4 Å². The molecule has 0 unspecified atom stereocenters. The topological polar surface area (TPSA) is 60.7 Å². The Bertz CT molecular complexity index is 917. The zero-order valence-corrected chi connectivity index (χ0v) is 13.5. The summed E-state index contributed by atoms with van der Waals surface area (Å²) in [6.07, 6.45) is 0.657. The number of fused-ring (bicyclic) bond motifs is 1. The first kappa shape index (κ1) is 15.7. The summed E-state index contributed by atoms with van der Waals surface area (Å²) >= 11 is 10.8. The number of nitrogens with one attached hydrogen (secondary N) is 3. The van der Waals surface area contributed by atoms with Gasteiger partial charge < -0.3 is 15.3 Å². The fourth-order valence-corrected chi connectivity index (χ4v) is 2.69. The monoisotopic (exact) mass is 349 g/mol. The van der Waals surface area contributed by atoms with Gasteiger partial charge in [0.05, 0.1) is 16.6 Å². The van der Waals surface area contributed by atoms with Crippen molar-refractivity contribution in [2.75, 3.05) is 6.54 Å². The molecule has 3 aromatic rings. The van der Waals surface area contributed by atoms with E-state index in [1.54, 1.807) is 12.1 Å². The first-order valence-corrected chi connectivity index (χ1v) is 7.76. The van der Waals surface area contributed by atoms with Gasteiger partial charge in [-0.25, -0.2) is 4.39 Å². The van der Waals surface area contributed by atoms with Gasteiger partial charge >= 0.3 is 0 Å². The van der Waals surface area contributed by atoms with Crippen molar-refractivity contribution >= 4 is 40.8 Å². The number of imidazole rings is 1. The fourth-order valence-electron chi connectivity index (χ4n) is 2.35. The number of hydrogen-bond acceptors (Lipinski definition) is 2. The fraction of sp³-hybridized carbons (Fsp3) is 0.125. The van der Waals surface area contributed by atoms with Crippen LogP contribution >= 0.6 is 23.8 Å². The Hall–Kier alpha value is -2.18. The Balaban J connectivity index is 1.73. The SMILES string of the molecule is O=C(NCCc1ccc(Cl)cc1)c1cc(F)cc2[nH]c(=S)[nH]c12. The standard InChI is InChI=1S/C16H13ClFN3OS/c17-10-3-1-9(2-4-10)5-6-19-15(22)12-7-11(18)8-13-14(12)21-16(23)20-13/h1-4,7-8H,5-6H2,(H,19,22)(H2,20,21,23). The molecule has 4 nitrogen and oxygen atoms in total. The number of halogens is 2. The summed E-state index contributed by atoms with van der Waals surface area (Å²) in [6, 6.07) is 9.89. The predicted octanol–water partition coefficient (Wildman–Crippen LogP) is 3.99. The molecule has 0 fully saturated rings. The highest BCUT2D eigenvalue weighted by molar-refractivity contribution is 7.71. The highest BCUT2D eigenvalue weighted by Gasteiger charge is 2.13. The summed E-state index contributed by atoms with van der Waals surface area (Å²) in [6.45, 7) is 0.434. The van der Waals surface area contributed by atoms with Crippen molar-refractivity contribution in [3.8, 4) is 0 Å². The van der Waals surface area contributed by atoms with E-state index in [0.717, 1.165) is 5.56 Å². The zero-order valence-electron chi connectivity index (χ0n) is 12.0. The second kappa shape index (κ2) is 6.52. The molecule has 0 aliphatic heterocycles. The molecule has 3 N–H and O–H groups in total. The molecule has 0 bridgehead atoms. The summed E-state index contributed by atoms with van der Waals surface area (Å²) in [7, 11) is 0. The molecule has 1 heterocycles. The van der Waals surface area contributed by atoms with Crippen LogP contribution in [0.25, 0.3) is 11.0 Å². The van der Waals surface area contributed by atoms with Crippen molar-refractivity contribution in [3.05, 3.63) is 63.1 Å². The summed E-state index contributed by atoms with van der Waals surface area (Å²) < 4.78 is 14.0. The second-order valence-corrected chi connectivity index (χ2v) is 5.93. The molecule has 7 heteroatoms. The molecule has 1 amide bonds. The van der Waals surface area contributed by atoms with E-state index in [2.05, 4.69) is 15.3 Å². The number of rotatable bonds is 4. The average molecular weight is 350 g/mol. The van der Waals surface area contributed by atoms with Gasteiger partial charge in [-0.2, -0.15) is 0 Å². The number of carbonyl (C=O) groups excluding carboxylic acids is 1. The van der Waals surface area contributed by atoms with Gasteiger partial charge in [-0.15, -0.1) is 0 Å². The van der Waals surface area contributed by atoms with E-state index in [4.69, 9.17) is 23.8 Å². The van der Waals surface area contributed by atoms with Gasteiger partial charge in [-0.05, 0) is 48.5 Å². The van der Waals surface area contributed by atoms with Crippen LogP contribution in [0.3, 0.4) is 0 Å². The molecule has 2 aromatic carbocycles. The normalized spacial score (nSPS) is 10.9. The lowest BCUT2D eigenvalue weighted by atomic mass is 10.1. The van der Waals surface area contributed by atoms with Crippen molar-refractivity contribution < 1.29 is 9.18 Å². The molecule has 0 radical (unpaired) electrons. The van der Waals surface area contributed by atoms with Gasteiger partial charge in [-0.3, -0.25) is 4.79 Å². The van der Waals surface area contributed by atoms with Crippen LogP contribution in [0.1, 0.15) is 15.9 Å². The lowest BCUT2D eigenvalue weighted by Crippen LogP contribution is -2.26. The molecule has 0 atom stereocenters. The van der Waals surface area contributed by atoms with Gasteiger partial charge in [0.15, 0.2) is 4.77 Å². The molecule has 0 aliphatic rings. The van der Waals surface area contributed by atoms with Crippen LogP contribution in [-0.2, 0) is 6.42 Å². The van der Waals surface area contributed by atoms with E-state index in [1.165, 1.54) is 12.1 Å². The smallest absolute Gasteiger partial charge is 0.253 e. The van der Waals surface area contributed by atoms with Crippen LogP contribution in [0.2, 0.25) is 5.02 Å². The van der Waals surface area contributed by atoms with Crippen molar-refractivity contribution in [1.29, 1.82) is 0 Å². The maximum atomic E-state index is 13.6. The first-order valence-electron chi connectivity index (χ1n) is 6.97. The number of carbonyl (C=O) groups is 1. The maximum Gasteiger partial charge on any atom is 0.253 e. The first-order chi connectivity index (χ1) is 11.0. The van der Waals surface area contributed by atoms with Crippen LogP contribution in [0.5, 0.6) is 0 Å². The van der Waals surface area contributed by atoms with E-state index in [-0.39, 0.29) is 11.5 Å². The van der Waals surface area contributed by atoms with Crippen molar-refractivity contribution in [3.63, 3.8) is 0 Å². The molecule has 0 aliphatic carbocycles. The molecule has 0 saturated carbocycles. The van der Waals surface area contributed by atoms with Crippen molar-refractivity contribution in [2.24, 2.45) is 0 Å². The third-order valence-corrected chi connectivity index (χ3v) is 3.90. The Morgan fingerprint density at radius 3 is 2.70 bits per heavy atom. The van der Waals surface area contributed by atoms with E-state index >= 15 is 0 Å². The number of H-pyrrole nitrogens is 2. The van der Waals surface area contributed by atoms with Gasteiger partial charge in [0.1, 0.15) is 5.82 Å². The van der Waals surface area contributed by atoms with E-state index in [1.807, 2.05) is 12.1 Å². The maximum absolute atomic E-state index is 13.6. The van der Waals surface area contributed by atoms with Gasteiger partial charge in [0.2, 0.25) is 0 Å². The number of hydrogen-bond donors (Lipinski definition) is 3. The number of aromatic amines is 2. The molecule has 0 saturated heterocycles. The summed E-state index contributed by atoms with van der Waals surface area (Å²) in [5.74, 6) is -0.848. The number of amides is 1. The van der Waals surface area contributed by atoms with Gasteiger partial charge in [0.25, 0.3) is 5.91 Å². The predicted molar refractivity (Wildman–Crippen MR) is 90.9 cm³/mol. The minimum Gasteiger partial charge on any atom is -0.352 e. The average Bonchev–Trinajstić information content (AvgIpc) is 2.88. The summed E-state index contributed by atoms with van der Waals surface area (Å²) in [5.41, 5.74) is 2.25.